The fraction of sp³-hybridized carbons (Fsp3) is 0.375. The predicted molar refractivity (Wildman–Crippen MR) is 44.4 cm³/mol. The Morgan fingerprint density at radius 3 is 2.08 bits per heavy atom. The summed E-state index contributed by atoms with van der Waals surface area (Å²) in [5, 5.41) is 0. The molecule has 0 saturated carbocycles. The van der Waals surface area contributed by atoms with E-state index in [1.54, 1.807) is 12.2 Å². The van der Waals surface area contributed by atoms with Crippen LogP contribution in [-0.2, 0) is 19.5 Å². The van der Waals surface area contributed by atoms with Crippen molar-refractivity contribution < 1.29 is 36.7 Å². The van der Waals surface area contributed by atoms with Crippen LogP contribution in [0.1, 0.15) is 0 Å². The summed E-state index contributed by atoms with van der Waals surface area (Å²) < 4.78 is 0. The van der Waals surface area contributed by atoms with Crippen molar-refractivity contribution in [2.75, 3.05) is 14.1 Å². The van der Waals surface area contributed by atoms with Crippen molar-refractivity contribution in [2.45, 2.75) is 6.04 Å². The molecule has 3 nitrogen and oxygen atoms in total. The van der Waals surface area contributed by atoms with Crippen molar-refractivity contribution in [2.24, 2.45) is 0 Å². The van der Waals surface area contributed by atoms with Crippen LogP contribution < -0.4 is 12.4 Å². The molecular formula is C8H11ClN3Zn+. The maximum atomic E-state index is 8.39. The van der Waals surface area contributed by atoms with E-state index in [-0.39, 0.29) is 31.9 Å². The second-order valence-corrected chi connectivity index (χ2v) is 2.70. The Hall–Kier alpha value is -0.267. The maximum Gasteiger partial charge on any atom is 2.00 e. The van der Waals surface area contributed by atoms with Gasteiger partial charge in [0.25, 0.3) is 0 Å². The van der Waals surface area contributed by atoms with E-state index in [0.29, 0.717) is 11.8 Å². The van der Waals surface area contributed by atoms with E-state index in [9.17, 15) is 0 Å². The number of rotatable bonds is 1. The number of allylic oxidation sites excluding steroid dienone is 2. The quantitative estimate of drug-likeness (QED) is 0.293. The molecule has 1 rings (SSSR count). The molecular weight excluding hydrogens is 239 g/mol. The van der Waals surface area contributed by atoms with E-state index in [4.69, 9.17) is 5.53 Å². The molecule has 0 bridgehead atoms. The smallest absolute Gasteiger partial charge is 1.00 e. The van der Waals surface area contributed by atoms with Crippen LogP contribution in [0.4, 0.5) is 0 Å². The van der Waals surface area contributed by atoms with Crippen LogP contribution in [0.25, 0.3) is 5.53 Å². The fourth-order valence-corrected chi connectivity index (χ4v) is 0.925. The third kappa shape index (κ3) is 4.49. The molecule has 0 amide bonds. The molecule has 1 aliphatic rings. The second-order valence-electron chi connectivity index (χ2n) is 2.70. The Labute approximate surface area is 97.3 Å². The van der Waals surface area contributed by atoms with Gasteiger partial charge in [0, 0.05) is 18.2 Å². The van der Waals surface area contributed by atoms with E-state index in [0.717, 1.165) is 0 Å². The van der Waals surface area contributed by atoms with E-state index >= 15 is 0 Å². The first kappa shape index (κ1) is 15.2. The summed E-state index contributed by atoms with van der Waals surface area (Å²) in [5.74, 6) is 0. The van der Waals surface area contributed by atoms with Gasteiger partial charge in [0.1, 0.15) is 0 Å². The summed E-state index contributed by atoms with van der Waals surface area (Å²) >= 11 is 0. The van der Waals surface area contributed by atoms with Gasteiger partial charge in [-0.25, -0.2) is 0 Å². The minimum absolute atomic E-state index is 0. The molecule has 0 spiro atoms. The van der Waals surface area contributed by atoms with E-state index in [1.807, 2.05) is 26.2 Å². The standard InChI is InChI=1S/C8H11N3.ClH.Zn/c1-11(2)8-5-3-7(10-9)4-6-8;;/h3-6,8H,1-2H3;1H;/q;;+2/p-1. The largest absolute Gasteiger partial charge is 2.00 e. The zero-order chi connectivity index (χ0) is 8.27. The summed E-state index contributed by atoms with van der Waals surface area (Å²) in [6, 6.07) is 0.320. The molecule has 1 aliphatic carbocycles. The minimum atomic E-state index is 0. The SMILES string of the molecule is CN(C)C1C=CC(=[N+]=[N-])C=C1.[Cl-].[Zn+2]. The Bertz CT molecular complexity index is 238. The molecule has 13 heavy (non-hydrogen) atoms. The predicted octanol–water partition coefficient (Wildman–Crippen LogP) is -2.29. The topological polar surface area (TPSA) is 39.6 Å². The molecule has 0 atom stereocenters. The number of hydrogen-bond donors (Lipinski definition) is 0. The van der Waals surface area contributed by atoms with Crippen molar-refractivity contribution in [3.63, 3.8) is 0 Å². The Kier molecular flexibility index (Phi) is 8.39. The van der Waals surface area contributed by atoms with Crippen molar-refractivity contribution in [1.29, 1.82) is 0 Å². The van der Waals surface area contributed by atoms with Crippen LogP contribution in [0.5, 0.6) is 0 Å². The third-order valence-corrected chi connectivity index (χ3v) is 1.64. The first-order valence-corrected chi connectivity index (χ1v) is 3.49. The fourth-order valence-electron chi connectivity index (χ4n) is 0.925. The van der Waals surface area contributed by atoms with Crippen LogP contribution in [0.3, 0.4) is 0 Å². The van der Waals surface area contributed by atoms with Gasteiger partial charge in [-0.1, -0.05) is 12.2 Å². The van der Waals surface area contributed by atoms with Crippen LogP contribution in [0.2, 0.25) is 0 Å². The molecule has 0 saturated heterocycles. The van der Waals surface area contributed by atoms with Gasteiger partial charge in [-0.05, 0) is 14.1 Å². The average molecular weight is 250 g/mol. The molecule has 0 radical (unpaired) electrons. The Morgan fingerprint density at radius 1 is 1.31 bits per heavy atom. The van der Waals surface area contributed by atoms with Crippen LogP contribution >= 0.6 is 0 Å². The van der Waals surface area contributed by atoms with Gasteiger partial charge in [-0.3, -0.25) is 4.90 Å². The monoisotopic (exact) mass is 248 g/mol. The van der Waals surface area contributed by atoms with Gasteiger partial charge in [-0.2, -0.15) is 4.79 Å². The number of hydrogen-bond acceptors (Lipinski definition) is 1. The van der Waals surface area contributed by atoms with E-state index in [2.05, 4.69) is 9.69 Å². The number of nitrogens with zero attached hydrogens (tertiary/aromatic N) is 3. The van der Waals surface area contributed by atoms with Crippen LogP contribution in [0.15, 0.2) is 24.3 Å². The van der Waals surface area contributed by atoms with Gasteiger partial charge in [0.2, 0.25) is 0 Å². The zero-order valence-corrected chi connectivity index (χ0v) is 11.5. The normalized spacial score (nSPS) is 19.0. The minimum Gasteiger partial charge on any atom is -1.00 e. The molecule has 0 fully saturated rings. The van der Waals surface area contributed by atoms with Gasteiger partial charge in [0.05, 0.1) is 0 Å². The molecule has 0 aromatic carbocycles. The molecule has 5 heteroatoms. The molecule has 66 valence electrons. The van der Waals surface area contributed by atoms with Gasteiger partial charge in [0.15, 0.2) is 0 Å². The summed E-state index contributed by atoms with van der Waals surface area (Å²) in [7, 11) is 4.00. The number of likely N-dealkylation sites (N-methyl/N-ethyl adjacent to an activating group) is 1. The zero-order valence-electron chi connectivity index (χ0n) is 7.81. The van der Waals surface area contributed by atoms with Gasteiger partial charge in [-0.15, -0.1) is 0 Å². The van der Waals surface area contributed by atoms with Crippen LogP contribution in [0, 0.1) is 0 Å². The first-order chi connectivity index (χ1) is 5.24. The third-order valence-electron chi connectivity index (χ3n) is 1.64. The molecule has 0 N–H and O–H groups in total. The van der Waals surface area contributed by atoms with E-state index < -0.39 is 0 Å². The average Bonchev–Trinajstić information content (AvgIpc) is 2.05. The van der Waals surface area contributed by atoms with Crippen molar-refractivity contribution in [1.82, 2.24) is 4.90 Å². The second kappa shape index (κ2) is 7.17. The summed E-state index contributed by atoms with van der Waals surface area (Å²) in [6.07, 6.45) is 7.56. The maximum absolute atomic E-state index is 8.39. The van der Waals surface area contributed by atoms with Crippen molar-refractivity contribution in [3.8, 4) is 0 Å². The van der Waals surface area contributed by atoms with Crippen LogP contribution in [-0.4, -0.2) is 35.5 Å². The molecule has 0 aromatic heterocycles. The summed E-state index contributed by atoms with van der Waals surface area (Å²) in [6.45, 7) is 0. The summed E-state index contributed by atoms with van der Waals surface area (Å²) in [5.41, 5.74) is 8.99. The molecule has 0 aromatic rings. The molecule has 0 heterocycles. The first-order valence-electron chi connectivity index (χ1n) is 3.49. The van der Waals surface area contributed by atoms with Gasteiger partial charge < -0.3 is 17.9 Å². The van der Waals surface area contributed by atoms with Gasteiger partial charge >= 0.3 is 25.2 Å². The number of halogens is 1. The van der Waals surface area contributed by atoms with Crippen molar-refractivity contribution >= 4 is 5.71 Å². The van der Waals surface area contributed by atoms with E-state index in [1.165, 1.54) is 0 Å². The molecule has 0 unspecified atom stereocenters. The molecule has 0 aliphatic heterocycles. The van der Waals surface area contributed by atoms with Crippen molar-refractivity contribution in [3.05, 3.63) is 29.8 Å². The Balaban J connectivity index is 0. The summed E-state index contributed by atoms with van der Waals surface area (Å²) in [4.78, 5) is 5.14. The Morgan fingerprint density at radius 2 is 1.77 bits per heavy atom.